The Morgan fingerprint density at radius 2 is 2.20 bits per heavy atom. The molecule has 2 aromatic rings. The van der Waals surface area contributed by atoms with E-state index >= 15 is 0 Å². The van der Waals surface area contributed by atoms with E-state index in [0.717, 1.165) is 13.0 Å². The summed E-state index contributed by atoms with van der Waals surface area (Å²) < 4.78 is 13.4. The summed E-state index contributed by atoms with van der Waals surface area (Å²) in [5.41, 5.74) is 0. The van der Waals surface area contributed by atoms with Crippen molar-refractivity contribution in [3.05, 3.63) is 42.5 Å². The zero-order valence-corrected chi connectivity index (χ0v) is 11.4. The summed E-state index contributed by atoms with van der Waals surface area (Å²) in [7, 11) is 0. The van der Waals surface area contributed by atoms with Gasteiger partial charge in [-0.3, -0.25) is 0 Å². The summed E-state index contributed by atoms with van der Waals surface area (Å²) in [5.74, 6) is 2.00. The van der Waals surface area contributed by atoms with E-state index in [4.69, 9.17) is 9.47 Å². The van der Waals surface area contributed by atoms with Gasteiger partial charge in [-0.2, -0.15) is 0 Å². The maximum absolute atomic E-state index is 10.5. The minimum atomic E-state index is -0.801. The van der Waals surface area contributed by atoms with Crippen LogP contribution in [0.1, 0.15) is 25.3 Å². The van der Waals surface area contributed by atoms with Gasteiger partial charge < -0.3 is 19.1 Å². The number of rotatable bonds is 4. The molecule has 20 heavy (non-hydrogen) atoms. The summed E-state index contributed by atoms with van der Waals surface area (Å²) in [6, 6.07) is 7.48. The Hall–Kier alpha value is -2.01. The Kier molecular flexibility index (Phi) is 3.60. The van der Waals surface area contributed by atoms with Crippen molar-refractivity contribution in [2.75, 3.05) is 6.61 Å². The number of aryl methyl sites for hydroxylation is 1. The second-order valence-electron chi connectivity index (χ2n) is 4.84. The van der Waals surface area contributed by atoms with Crippen LogP contribution in [0.4, 0.5) is 0 Å². The maximum Gasteiger partial charge on any atom is 0.166 e. The van der Waals surface area contributed by atoms with Crippen LogP contribution >= 0.6 is 0 Å². The number of ether oxygens (including phenoxy) is 2. The largest absolute Gasteiger partial charge is 0.486 e. The van der Waals surface area contributed by atoms with Gasteiger partial charge in [0.1, 0.15) is 12.4 Å². The second kappa shape index (κ2) is 5.54. The van der Waals surface area contributed by atoms with Crippen molar-refractivity contribution in [1.29, 1.82) is 0 Å². The van der Waals surface area contributed by atoms with E-state index in [1.165, 1.54) is 0 Å². The van der Waals surface area contributed by atoms with Crippen LogP contribution in [-0.2, 0) is 6.54 Å². The number of aromatic nitrogens is 2. The zero-order valence-electron chi connectivity index (χ0n) is 11.4. The van der Waals surface area contributed by atoms with Gasteiger partial charge in [-0.15, -0.1) is 0 Å². The fourth-order valence-electron chi connectivity index (χ4n) is 2.37. The van der Waals surface area contributed by atoms with Crippen LogP contribution in [0, 0.1) is 0 Å². The highest BCUT2D eigenvalue weighted by Gasteiger charge is 2.31. The third-order valence-electron chi connectivity index (χ3n) is 3.36. The first-order valence-electron chi connectivity index (χ1n) is 6.87. The van der Waals surface area contributed by atoms with Crippen molar-refractivity contribution in [1.82, 2.24) is 9.55 Å². The van der Waals surface area contributed by atoms with Gasteiger partial charge in [0.15, 0.2) is 23.7 Å². The summed E-state index contributed by atoms with van der Waals surface area (Å²) in [4.78, 5) is 4.24. The smallest absolute Gasteiger partial charge is 0.166 e. The summed E-state index contributed by atoms with van der Waals surface area (Å²) in [5, 5.41) is 10.5. The predicted molar refractivity (Wildman–Crippen MR) is 73.8 cm³/mol. The van der Waals surface area contributed by atoms with E-state index in [-0.39, 0.29) is 0 Å². The predicted octanol–water partition coefficient (Wildman–Crippen LogP) is 2.17. The van der Waals surface area contributed by atoms with E-state index in [2.05, 4.69) is 11.9 Å². The molecule has 0 saturated carbocycles. The van der Waals surface area contributed by atoms with Crippen LogP contribution in [0.2, 0.25) is 0 Å². The highest BCUT2D eigenvalue weighted by atomic mass is 16.6. The fraction of sp³-hybridized carbons (Fsp3) is 0.400. The summed E-state index contributed by atoms with van der Waals surface area (Å²) in [6.45, 7) is 3.24. The van der Waals surface area contributed by atoms with Gasteiger partial charge in [-0.1, -0.05) is 19.1 Å². The van der Waals surface area contributed by atoms with Crippen LogP contribution in [0.5, 0.6) is 11.5 Å². The number of fused-ring (bicyclic) bond motifs is 1. The molecule has 1 aliphatic rings. The molecule has 5 nitrogen and oxygen atoms in total. The molecule has 0 aliphatic carbocycles. The number of para-hydroxylation sites is 2. The Morgan fingerprint density at radius 3 is 3.00 bits per heavy atom. The molecule has 5 heteroatoms. The molecule has 0 spiro atoms. The molecule has 106 valence electrons. The molecule has 1 aliphatic heterocycles. The molecule has 1 aromatic heterocycles. The number of benzene rings is 1. The Morgan fingerprint density at radius 1 is 1.40 bits per heavy atom. The van der Waals surface area contributed by atoms with Crippen LogP contribution in [0.25, 0.3) is 0 Å². The third-order valence-corrected chi connectivity index (χ3v) is 3.36. The van der Waals surface area contributed by atoms with Crippen molar-refractivity contribution in [3.8, 4) is 11.5 Å². The number of imidazole rings is 1. The quantitative estimate of drug-likeness (QED) is 0.928. The van der Waals surface area contributed by atoms with Gasteiger partial charge >= 0.3 is 0 Å². The van der Waals surface area contributed by atoms with Crippen LogP contribution in [-0.4, -0.2) is 27.4 Å². The van der Waals surface area contributed by atoms with E-state index in [1.807, 2.05) is 35.0 Å². The Labute approximate surface area is 117 Å². The molecule has 0 saturated heterocycles. The van der Waals surface area contributed by atoms with E-state index < -0.39 is 12.2 Å². The van der Waals surface area contributed by atoms with Crippen molar-refractivity contribution in [3.63, 3.8) is 0 Å². The molecule has 0 radical (unpaired) electrons. The first kappa shape index (κ1) is 13.0. The minimum absolute atomic E-state index is 0.317. The maximum atomic E-state index is 10.5. The Balaban J connectivity index is 1.78. The van der Waals surface area contributed by atoms with E-state index in [9.17, 15) is 5.11 Å². The van der Waals surface area contributed by atoms with E-state index in [0.29, 0.717) is 23.9 Å². The monoisotopic (exact) mass is 274 g/mol. The average molecular weight is 274 g/mol. The van der Waals surface area contributed by atoms with Gasteiger partial charge in [-0.05, 0) is 18.6 Å². The third kappa shape index (κ3) is 2.36. The first-order valence-corrected chi connectivity index (χ1v) is 6.87. The molecule has 2 unspecified atom stereocenters. The molecule has 2 atom stereocenters. The molecular formula is C15H18N2O3. The van der Waals surface area contributed by atoms with Gasteiger partial charge in [0.25, 0.3) is 0 Å². The normalized spacial score (nSPS) is 18.8. The molecule has 1 aromatic carbocycles. The van der Waals surface area contributed by atoms with E-state index in [1.54, 1.807) is 6.20 Å². The standard InChI is InChI=1S/C15H18N2O3/c1-2-8-17-9-7-16-15(17)14(18)13-10-19-11-5-3-4-6-12(11)20-13/h3-7,9,13-14,18H,2,8,10H2,1H3. The summed E-state index contributed by atoms with van der Waals surface area (Å²) in [6.07, 6.45) is 3.32. The lowest BCUT2D eigenvalue weighted by molar-refractivity contribution is -0.0169. The summed E-state index contributed by atoms with van der Waals surface area (Å²) >= 11 is 0. The lowest BCUT2D eigenvalue weighted by atomic mass is 10.1. The molecule has 1 N–H and O–H groups in total. The van der Waals surface area contributed by atoms with Gasteiger partial charge in [0, 0.05) is 18.9 Å². The lowest BCUT2D eigenvalue weighted by Crippen LogP contribution is -2.36. The van der Waals surface area contributed by atoms with Gasteiger partial charge in [0.2, 0.25) is 0 Å². The van der Waals surface area contributed by atoms with Crippen molar-refractivity contribution in [2.45, 2.75) is 32.1 Å². The zero-order chi connectivity index (χ0) is 13.9. The first-order chi connectivity index (χ1) is 9.79. The fourth-order valence-corrected chi connectivity index (χ4v) is 2.37. The average Bonchev–Trinajstić information content (AvgIpc) is 2.94. The number of aliphatic hydroxyl groups excluding tert-OH is 1. The number of hydrogen-bond donors (Lipinski definition) is 1. The van der Waals surface area contributed by atoms with Crippen LogP contribution in [0.15, 0.2) is 36.7 Å². The van der Waals surface area contributed by atoms with Crippen LogP contribution < -0.4 is 9.47 Å². The minimum Gasteiger partial charge on any atom is -0.486 e. The SMILES string of the molecule is CCCn1ccnc1C(O)C1COc2ccccc2O1. The highest BCUT2D eigenvalue weighted by Crippen LogP contribution is 2.34. The number of aliphatic hydroxyl groups is 1. The van der Waals surface area contributed by atoms with Crippen molar-refractivity contribution >= 4 is 0 Å². The molecule has 3 rings (SSSR count). The second-order valence-corrected chi connectivity index (χ2v) is 4.84. The highest BCUT2D eigenvalue weighted by molar-refractivity contribution is 5.40. The van der Waals surface area contributed by atoms with Crippen molar-refractivity contribution < 1.29 is 14.6 Å². The Bertz CT molecular complexity index is 582. The molecular weight excluding hydrogens is 256 g/mol. The van der Waals surface area contributed by atoms with Gasteiger partial charge in [-0.25, -0.2) is 4.98 Å². The van der Waals surface area contributed by atoms with Gasteiger partial charge in [0.05, 0.1) is 0 Å². The molecule has 0 amide bonds. The van der Waals surface area contributed by atoms with Crippen LogP contribution in [0.3, 0.4) is 0 Å². The lowest BCUT2D eigenvalue weighted by Gasteiger charge is -2.29. The molecule has 0 fully saturated rings. The number of hydrogen-bond acceptors (Lipinski definition) is 4. The molecule has 0 bridgehead atoms. The topological polar surface area (TPSA) is 56.5 Å². The number of nitrogens with zero attached hydrogens (tertiary/aromatic N) is 2. The van der Waals surface area contributed by atoms with Crippen molar-refractivity contribution in [2.24, 2.45) is 0 Å². The molecule has 2 heterocycles.